The Morgan fingerprint density at radius 1 is 1.07 bits per heavy atom. The Bertz CT molecular complexity index is 1130. The number of fused-ring (bicyclic) bond motifs is 1. The Hall–Kier alpha value is -3.68. The van der Waals surface area contributed by atoms with E-state index in [-0.39, 0.29) is 22.8 Å². The van der Waals surface area contributed by atoms with Crippen molar-refractivity contribution in [2.24, 2.45) is 0 Å². The largest absolute Gasteiger partial charge is 0.507 e. The number of phenols is 1. The molecule has 0 saturated heterocycles. The molecule has 1 aromatic heterocycles. The van der Waals surface area contributed by atoms with Crippen LogP contribution in [-0.4, -0.2) is 35.6 Å². The molecule has 7 heteroatoms. The van der Waals surface area contributed by atoms with E-state index < -0.39 is 17.6 Å². The zero-order chi connectivity index (χ0) is 21.3. The van der Waals surface area contributed by atoms with Gasteiger partial charge < -0.3 is 24.7 Å². The molecule has 1 aliphatic heterocycles. The van der Waals surface area contributed by atoms with Gasteiger partial charge in [-0.05, 0) is 42.0 Å². The van der Waals surface area contributed by atoms with Crippen LogP contribution >= 0.6 is 0 Å². The molecule has 3 aromatic rings. The fraction of sp³-hybridized carbons (Fsp3) is 0.130. The molecule has 1 aliphatic rings. The van der Waals surface area contributed by atoms with E-state index in [2.05, 4.69) is 5.32 Å². The molecule has 152 valence electrons. The number of aliphatic hydroxyl groups is 1. The SMILES string of the molecule is COC1C(=O)Nc2ccc(/C=C/c3ccc(C=O)o3)c(O)c2C1(O)c1ccccc1. The van der Waals surface area contributed by atoms with E-state index in [1.807, 2.05) is 0 Å². The fourth-order valence-electron chi connectivity index (χ4n) is 3.71. The minimum Gasteiger partial charge on any atom is -0.507 e. The van der Waals surface area contributed by atoms with Crippen molar-refractivity contribution in [3.63, 3.8) is 0 Å². The van der Waals surface area contributed by atoms with Crippen LogP contribution in [0.1, 0.15) is 33.0 Å². The molecule has 7 nitrogen and oxygen atoms in total. The van der Waals surface area contributed by atoms with Crippen molar-refractivity contribution in [3.05, 3.63) is 82.8 Å². The van der Waals surface area contributed by atoms with E-state index >= 15 is 0 Å². The lowest BCUT2D eigenvalue weighted by atomic mass is 9.77. The van der Waals surface area contributed by atoms with E-state index in [9.17, 15) is 19.8 Å². The van der Waals surface area contributed by atoms with Gasteiger partial charge in [-0.25, -0.2) is 0 Å². The first-order valence-electron chi connectivity index (χ1n) is 9.20. The van der Waals surface area contributed by atoms with Gasteiger partial charge >= 0.3 is 0 Å². The van der Waals surface area contributed by atoms with Gasteiger partial charge in [-0.2, -0.15) is 0 Å². The number of aromatic hydroxyl groups is 1. The zero-order valence-corrected chi connectivity index (χ0v) is 16.0. The van der Waals surface area contributed by atoms with Crippen LogP contribution in [0.25, 0.3) is 12.2 Å². The highest BCUT2D eigenvalue weighted by Gasteiger charge is 2.51. The summed E-state index contributed by atoms with van der Waals surface area (Å²) in [7, 11) is 1.32. The second kappa shape index (κ2) is 7.62. The van der Waals surface area contributed by atoms with Gasteiger partial charge in [-0.15, -0.1) is 0 Å². The van der Waals surface area contributed by atoms with Crippen LogP contribution < -0.4 is 5.32 Å². The Morgan fingerprint density at radius 3 is 2.47 bits per heavy atom. The van der Waals surface area contributed by atoms with Crippen LogP contribution in [0.2, 0.25) is 0 Å². The number of furan rings is 1. The molecule has 0 bridgehead atoms. The average molecular weight is 405 g/mol. The number of amides is 1. The third-order valence-corrected chi connectivity index (χ3v) is 5.11. The van der Waals surface area contributed by atoms with Crippen LogP contribution in [-0.2, 0) is 15.1 Å². The van der Waals surface area contributed by atoms with Crippen LogP contribution in [0.5, 0.6) is 5.75 Å². The standard InChI is InChI=1S/C23H19NO6/c1-29-21-22(27)24-18-12-8-14(7-9-16-10-11-17(13-25)30-16)20(26)19(18)23(21,28)15-5-3-2-4-6-15/h2-13,21,26,28H,1H3,(H,24,27)/b9-7+. The minimum absolute atomic E-state index is 0.135. The molecule has 0 radical (unpaired) electrons. The van der Waals surface area contributed by atoms with Crippen molar-refractivity contribution >= 4 is 30.0 Å². The highest BCUT2D eigenvalue weighted by molar-refractivity contribution is 6.00. The van der Waals surface area contributed by atoms with Gasteiger partial charge in [0.05, 0.1) is 11.3 Å². The highest BCUT2D eigenvalue weighted by Crippen LogP contribution is 2.47. The molecule has 2 atom stereocenters. The molecule has 0 aliphatic carbocycles. The third-order valence-electron chi connectivity index (χ3n) is 5.11. The highest BCUT2D eigenvalue weighted by atomic mass is 16.5. The number of anilines is 1. The number of carbonyl (C=O) groups excluding carboxylic acids is 2. The van der Waals surface area contributed by atoms with Gasteiger partial charge in [0.15, 0.2) is 23.8 Å². The van der Waals surface area contributed by atoms with Crippen molar-refractivity contribution in [1.29, 1.82) is 0 Å². The summed E-state index contributed by atoms with van der Waals surface area (Å²) in [5.74, 6) is -0.112. The molecule has 2 aromatic carbocycles. The monoisotopic (exact) mass is 405 g/mol. The number of phenolic OH excluding ortho intramolecular Hbond substituents is 1. The van der Waals surface area contributed by atoms with E-state index in [1.54, 1.807) is 60.7 Å². The molecule has 4 rings (SSSR count). The number of aldehydes is 1. The van der Waals surface area contributed by atoms with E-state index in [1.165, 1.54) is 13.2 Å². The number of nitrogens with one attached hydrogen (secondary N) is 1. The Balaban J connectivity index is 1.86. The van der Waals surface area contributed by atoms with Crippen LogP contribution in [0.4, 0.5) is 5.69 Å². The van der Waals surface area contributed by atoms with Gasteiger partial charge in [0, 0.05) is 12.7 Å². The summed E-state index contributed by atoms with van der Waals surface area (Å²) in [6.07, 6.45) is 2.51. The summed E-state index contributed by atoms with van der Waals surface area (Å²) in [5.41, 5.74) is -0.688. The molecule has 3 N–H and O–H groups in total. The summed E-state index contributed by atoms with van der Waals surface area (Å²) in [6, 6.07) is 14.9. The first-order chi connectivity index (χ1) is 14.5. The lowest BCUT2D eigenvalue weighted by molar-refractivity contribution is -0.142. The zero-order valence-electron chi connectivity index (χ0n) is 16.0. The molecule has 1 amide bonds. The second-order valence-electron chi connectivity index (χ2n) is 6.85. The predicted octanol–water partition coefficient (Wildman–Crippen LogP) is 3.17. The molecular weight excluding hydrogens is 386 g/mol. The molecule has 0 saturated carbocycles. The molecular formula is C23H19NO6. The van der Waals surface area contributed by atoms with E-state index in [0.717, 1.165) is 0 Å². The van der Waals surface area contributed by atoms with Crippen molar-refractivity contribution < 1.29 is 29.0 Å². The van der Waals surface area contributed by atoms with Gasteiger partial charge in [-0.3, -0.25) is 9.59 Å². The van der Waals surface area contributed by atoms with Gasteiger partial charge in [0.1, 0.15) is 11.5 Å². The van der Waals surface area contributed by atoms with E-state index in [0.29, 0.717) is 23.2 Å². The molecule has 2 unspecified atom stereocenters. The lowest BCUT2D eigenvalue weighted by Crippen LogP contribution is -2.52. The Kier molecular flexibility index (Phi) is 4.99. The molecule has 0 fully saturated rings. The fourth-order valence-corrected chi connectivity index (χ4v) is 3.71. The molecule has 30 heavy (non-hydrogen) atoms. The predicted molar refractivity (Wildman–Crippen MR) is 110 cm³/mol. The summed E-state index contributed by atoms with van der Waals surface area (Å²) >= 11 is 0. The number of ether oxygens (including phenoxy) is 1. The molecule has 2 heterocycles. The van der Waals surface area contributed by atoms with Crippen molar-refractivity contribution in [3.8, 4) is 5.75 Å². The van der Waals surface area contributed by atoms with Crippen molar-refractivity contribution in [2.75, 3.05) is 12.4 Å². The van der Waals surface area contributed by atoms with Crippen LogP contribution in [0.15, 0.2) is 59.0 Å². The summed E-state index contributed by atoms with van der Waals surface area (Å²) in [6.45, 7) is 0. The van der Waals surface area contributed by atoms with Crippen molar-refractivity contribution in [2.45, 2.75) is 11.7 Å². The first kappa shape index (κ1) is 19.6. The maximum Gasteiger partial charge on any atom is 0.257 e. The second-order valence-corrected chi connectivity index (χ2v) is 6.85. The maximum atomic E-state index is 12.6. The summed E-state index contributed by atoms with van der Waals surface area (Å²) < 4.78 is 10.6. The summed E-state index contributed by atoms with van der Waals surface area (Å²) in [5, 5.41) is 25.5. The number of benzene rings is 2. The van der Waals surface area contributed by atoms with E-state index in [4.69, 9.17) is 9.15 Å². The van der Waals surface area contributed by atoms with Gasteiger partial charge in [0.2, 0.25) is 0 Å². The first-order valence-corrected chi connectivity index (χ1v) is 9.20. The number of rotatable bonds is 5. The van der Waals surface area contributed by atoms with Crippen LogP contribution in [0, 0.1) is 0 Å². The molecule has 0 spiro atoms. The summed E-state index contributed by atoms with van der Waals surface area (Å²) in [4.78, 5) is 23.4. The van der Waals surface area contributed by atoms with Crippen LogP contribution in [0.3, 0.4) is 0 Å². The number of methoxy groups -OCH3 is 1. The van der Waals surface area contributed by atoms with Gasteiger partial charge in [0.25, 0.3) is 5.91 Å². The number of carbonyl (C=O) groups is 2. The minimum atomic E-state index is -1.91. The quantitative estimate of drug-likeness (QED) is 0.563. The average Bonchev–Trinajstić information content (AvgIpc) is 3.22. The lowest BCUT2D eigenvalue weighted by Gasteiger charge is -2.40. The van der Waals surface area contributed by atoms with Gasteiger partial charge in [-0.1, -0.05) is 30.3 Å². The van der Waals surface area contributed by atoms with Crippen molar-refractivity contribution in [1.82, 2.24) is 0 Å². The normalized spacial score (nSPS) is 20.7. The maximum absolute atomic E-state index is 12.6. The number of hydrogen-bond acceptors (Lipinski definition) is 6. The Labute approximate surface area is 172 Å². The Morgan fingerprint density at radius 2 is 1.80 bits per heavy atom. The third kappa shape index (κ3) is 3.10. The number of hydrogen-bond donors (Lipinski definition) is 3. The smallest absolute Gasteiger partial charge is 0.257 e. The topological polar surface area (TPSA) is 109 Å².